The molecule has 3 aromatic carbocycles. The minimum Gasteiger partial charge on any atom is -0.508 e. The number of carbonyl (C=O) groups is 2. The number of nitrogens with two attached hydrogens (primary N) is 1. The van der Waals surface area contributed by atoms with Crippen LogP contribution in [0.1, 0.15) is 64.1 Å². The van der Waals surface area contributed by atoms with Crippen molar-refractivity contribution in [2.24, 2.45) is 5.73 Å². The van der Waals surface area contributed by atoms with Crippen molar-refractivity contribution in [2.75, 3.05) is 19.6 Å². The smallest absolute Gasteiger partial charge is 0.338 e. The standard InChI is InChI=1S/C32H41N3O4/c1-4-15-35(16-5-2)31(37)26-17-23(3)18-27(20-26)32(38)39-30(22-34-21-25-9-7-6-8-10-25)29(33)19-24-11-13-28(36)14-12-24/h6-14,17-18,20,29-30,34,36H,4-5,15-16,19,21-22,33H2,1-3H3. The first-order valence-electron chi connectivity index (χ1n) is 13.7. The summed E-state index contributed by atoms with van der Waals surface area (Å²) in [5.74, 6) is -0.416. The van der Waals surface area contributed by atoms with Gasteiger partial charge in [-0.2, -0.15) is 0 Å². The first kappa shape index (κ1) is 29.9. The van der Waals surface area contributed by atoms with E-state index in [0.29, 0.717) is 43.7 Å². The number of hydrogen-bond acceptors (Lipinski definition) is 6. The van der Waals surface area contributed by atoms with Crippen molar-refractivity contribution >= 4 is 11.9 Å². The molecule has 3 aromatic rings. The number of rotatable bonds is 14. The minimum absolute atomic E-state index is 0.0819. The third kappa shape index (κ3) is 9.23. The topological polar surface area (TPSA) is 105 Å². The summed E-state index contributed by atoms with van der Waals surface area (Å²) in [5, 5.41) is 13.0. The Kier molecular flexibility index (Phi) is 11.5. The van der Waals surface area contributed by atoms with Crippen LogP contribution in [0.2, 0.25) is 0 Å². The summed E-state index contributed by atoms with van der Waals surface area (Å²) in [7, 11) is 0. The van der Waals surface area contributed by atoms with Crippen molar-refractivity contribution in [2.45, 2.75) is 58.7 Å². The third-order valence-corrected chi connectivity index (χ3v) is 6.50. The molecule has 0 fully saturated rings. The van der Waals surface area contributed by atoms with E-state index in [2.05, 4.69) is 5.32 Å². The van der Waals surface area contributed by atoms with Gasteiger partial charge in [-0.05, 0) is 73.2 Å². The van der Waals surface area contributed by atoms with E-state index < -0.39 is 18.1 Å². The number of nitrogens with zero attached hydrogens (tertiary/aromatic N) is 1. The van der Waals surface area contributed by atoms with E-state index >= 15 is 0 Å². The van der Waals surface area contributed by atoms with Crippen molar-refractivity contribution in [3.63, 3.8) is 0 Å². The minimum atomic E-state index is -0.619. The Hall–Kier alpha value is -3.68. The third-order valence-electron chi connectivity index (χ3n) is 6.50. The maximum atomic E-state index is 13.4. The first-order chi connectivity index (χ1) is 18.8. The van der Waals surface area contributed by atoms with Crippen LogP contribution >= 0.6 is 0 Å². The normalized spacial score (nSPS) is 12.5. The largest absolute Gasteiger partial charge is 0.508 e. The zero-order chi connectivity index (χ0) is 28.2. The molecule has 0 aliphatic carbocycles. The van der Waals surface area contributed by atoms with Crippen LogP contribution in [-0.4, -0.2) is 53.7 Å². The summed E-state index contributed by atoms with van der Waals surface area (Å²) in [6.07, 6.45) is 1.57. The molecule has 0 spiro atoms. The summed E-state index contributed by atoms with van der Waals surface area (Å²) < 4.78 is 5.98. The van der Waals surface area contributed by atoms with Gasteiger partial charge in [-0.1, -0.05) is 56.3 Å². The average molecular weight is 532 g/mol. The highest BCUT2D eigenvalue weighted by Gasteiger charge is 2.25. The van der Waals surface area contributed by atoms with Crippen molar-refractivity contribution in [1.82, 2.24) is 10.2 Å². The molecule has 0 bridgehead atoms. The Morgan fingerprint density at radius 1 is 0.923 bits per heavy atom. The number of esters is 1. The molecule has 2 atom stereocenters. The monoisotopic (exact) mass is 531 g/mol. The second-order valence-electron chi connectivity index (χ2n) is 9.97. The summed E-state index contributed by atoms with van der Waals surface area (Å²) >= 11 is 0. The van der Waals surface area contributed by atoms with Gasteiger partial charge in [0.05, 0.1) is 5.56 Å². The predicted molar refractivity (Wildman–Crippen MR) is 155 cm³/mol. The number of phenolic OH excluding ortho intramolecular Hbond substituents is 1. The molecule has 3 rings (SSSR count). The van der Waals surface area contributed by atoms with E-state index in [4.69, 9.17) is 10.5 Å². The fourth-order valence-corrected chi connectivity index (χ4v) is 4.54. The van der Waals surface area contributed by atoms with Gasteiger partial charge in [0, 0.05) is 37.8 Å². The van der Waals surface area contributed by atoms with Crippen LogP contribution in [0.4, 0.5) is 0 Å². The lowest BCUT2D eigenvalue weighted by Gasteiger charge is -2.25. The van der Waals surface area contributed by atoms with Gasteiger partial charge in [-0.25, -0.2) is 4.79 Å². The van der Waals surface area contributed by atoms with Gasteiger partial charge < -0.3 is 25.8 Å². The van der Waals surface area contributed by atoms with Crippen molar-refractivity contribution in [3.8, 4) is 5.75 Å². The summed E-state index contributed by atoms with van der Waals surface area (Å²) in [6.45, 7) is 8.26. The molecule has 0 heterocycles. The number of amides is 1. The molecule has 0 aliphatic heterocycles. The molecule has 0 saturated heterocycles. The SMILES string of the molecule is CCCN(CCC)C(=O)c1cc(C)cc(C(=O)OC(CNCc2ccccc2)C(N)Cc2ccc(O)cc2)c1. The van der Waals surface area contributed by atoms with Crippen LogP contribution in [-0.2, 0) is 17.7 Å². The Bertz CT molecular complexity index is 1190. The number of ether oxygens (including phenoxy) is 1. The van der Waals surface area contributed by atoms with Crippen LogP contribution in [0.3, 0.4) is 0 Å². The molecule has 1 amide bonds. The van der Waals surface area contributed by atoms with E-state index in [1.165, 1.54) is 0 Å². The number of phenols is 1. The number of aryl methyl sites for hydroxylation is 1. The Morgan fingerprint density at radius 2 is 1.56 bits per heavy atom. The molecule has 7 nitrogen and oxygen atoms in total. The Balaban J connectivity index is 1.77. The predicted octanol–water partition coefficient (Wildman–Crippen LogP) is 4.85. The first-order valence-corrected chi connectivity index (χ1v) is 13.7. The molecule has 39 heavy (non-hydrogen) atoms. The van der Waals surface area contributed by atoms with Crippen molar-refractivity contribution in [1.29, 1.82) is 0 Å². The molecular weight excluding hydrogens is 490 g/mol. The average Bonchev–Trinajstić information content (AvgIpc) is 2.93. The van der Waals surface area contributed by atoms with Gasteiger partial charge in [0.2, 0.25) is 0 Å². The second kappa shape index (κ2) is 15.0. The summed E-state index contributed by atoms with van der Waals surface area (Å²) in [5.41, 5.74) is 10.2. The van der Waals surface area contributed by atoms with Crippen LogP contribution in [0, 0.1) is 6.92 Å². The van der Waals surface area contributed by atoms with E-state index in [1.807, 2.05) is 74.2 Å². The van der Waals surface area contributed by atoms with Crippen LogP contribution < -0.4 is 11.1 Å². The number of hydrogen-bond donors (Lipinski definition) is 3. The number of carbonyl (C=O) groups excluding carboxylic acids is 2. The van der Waals surface area contributed by atoms with Gasteiger partial charge in [0.25, 0.3) is 5.91 Å². The maximum absolute atomic E-state index is 13.4. The quantitative estimate of drug-likeness (QED) is 0.257. The van der Waals surface area contributed by atoms with Gasteiger partial charge in [-0.15, -0.1) is 0 Å². The maximum Gasteiger partial charge on any atom is 0.338 e. The van der Waals surface area contributed by atoms with Crippen LogP contribution in [0.15, 0.2) is 72.8 Å². The van der Waals surface area contributed by atoms with Gasteiger partial charge in [0.15, 0.2) is 0 Å². The molecule has 7 heteroatoms. The van der Waals surface area contributed by atoms with Crippen LogP contribution in [0.25, 0.3) is 0 Å². The Labute approximate surface area is 232 Å². The van der Waals surface area contributed by atoms with Crippen LogP contribution in [0.5, 0.6) is 5.75 Å². The lowest BCUT2D eigenvalue weighted by atomic mass is 10.0. The van der Waals surface area contributed by atoms with Crippen molar-refractivity contribution < 1.29 is 19.4 Å². The highest BCUT2D eigenvalue weighted by molar-refractivity contribution is 5.98. The number of nitrogens with one attached hydrogen (secondary N) is 1. The summed E-state index contributed by atoms with van der Waals surface area (Å²) in [4.78, 5) is 28.4. The molecule has 0 saturated carbocycles. The molecular formula is C32H41N3O4. The fraction of sp³-hybridized carbons (Fsp3) is 0.375. The molecule has 0 aliphatic rings. The van der Waals surface area contributed by atoms with Gasteiger partial charge in [-0.3, -0.25) is 4.79 Å². The highest BCUT2D eigenvalue weighted by atomic mass is 16.5. The molecule has 4 N–H and O–H groups in total. The zero-order valence-corrected chi connectivity index (χ0v) is 23.2. The molecule has 0 aromatic heterocycles. The molecule has 208 valence electrons. The molecule has 0 radical (unpaired) electrons. The van der Waals surface area contributed by atoms with E-state index in [9.17, 15) is 14.7 Å². The Morgan fingerprint density at radius 3 is 2.21 bits per heavy atom. The molecule has 2 unspecified atom stereocenters. The number of benzene rings is 3. The van der Waals surface area contributed by atoms with E-state index in [1.54, 1.807) is 24.3 Å². The number of aromatic hydroxyl groups is 1. The lowest BCUT2D eigenvalue weighted by Crippen LogP contribution is -2.46. The second-order valence-corrected chi connectivity index (χ2v) is 9.97. The van der Waals surface area contributed by atoms with E-state index in [-0.39, 0.29) is 11.7 Å². The fourth-order valence-electron chi connectivity index (χ4n) is 4.54. The highest BCUT2D eigenvalue weighted by Crippen LogP contribution is 2.17. The van der Waals surface area contributed by atoms with Crippen molar-refractivity contribution in [3.05, 3.63) is 101 Å². The van der Waals surface area contributed by atoms with Gasteiger partial charge >= 0.3 is 5.97 Å². The van der Waals surface area contributed by atoms with E-state index in [0.717, 1.165) is 29.5 Å². The zero-order valence-electron chi connectivity index (χ0n) is 23.2. The lowest BCUT2D eigenvalue weighted by molar-refractivity contribution is 0.0238. The summed E-state index contributed by atoms with van der Waals surface area (Å²) in [6, 6.07) is 21.5. The van der Waals surface area contributed by atoms with Gasteiger partial charge in [0.1, 0.15) is 11.9 Å².